The quantitative estimate of drug-likeness (QED) is 0.834. The summed E-state index contributed by atoms with van der Waals surface area (Å²) < 4.78 is 52.6. The minimum atomic E-state index is -3.68. The number of anilines is 1. The van der Waals surface area contributed by atoms with Crippen LogP contribution in [0.25, 0.3) is 0 Å². The van der Waals surface area contributed by atoms with Crippen molar-refractivity contribution in [2.24, 2.45) is 0 Å². The zero-order valence-corrected chi connectivity index (χ0v) is 13.4. The van der Waals surface area contributed by atoms with E-state index in [-0.39, 0.29) is 16.0 Å². The first-order valence-electron chi connectivity index (χ1n) is 6.59. The number of rotatable bonds is 2. The van der Waals surface area contributed by atoms with Gasteiger partial charge in [0, 0.05) is 20.6 Å². The maximum Gasteiger partial charge on any atom is 0.244 e. The van der Waals surface area contributed by atoms with Crippen LogP contribution < -0.4 is 9.62 Å². The fourth-order valence-electron chi connectivity index (χ4n) is 2.74. The van der Waals surface area contributed by atoms with Crippen molar-refractivity contribution in [2.75, 3.05) is 25.5 Å². The molecule has 1 aromatic carbocycles. The lowest BCUT2D eigenvalue weighted by Crippen LogP contribution is -2.48. The Morgan fingerprint density at radius 2 is 2.05 bits per heavy atom. The highest BCUT2D eigenvalue weighted by molar-refractivity contribution is 7.90. The molecule has 7 nitrogen and oxygen atoms in total. The SMILES string of the molecule is CN(C)S(=O)(=O)c1ccc2c(c1)S(=O)(=O)NC1CCCN21. The number of nitrogens with zero attached hydrogens (tertiary/aromatic N) is 2. The molecule has 0 amide bonds. The molecule has 1 aromatic rings. The zero-order valence-electron chi connectivity index (χ0n) is 11.8. The van der Waals surface area contributed by atoms with Crippen molar-refractivity contribution in [1.29, 1.82) is 0 Å². The van der Waals surface area contributed by atoms with Crippen LogP contribution in [0.1, 0.15) is 12.8 Å². The largest absolute Gasteiger partial charge is 0.354 e. The maximum absolute atomic E-state index is 12.3. The number of hydrogen-bond acceptors (Lipinski definition) is 5. The average Bonchev–Trinajstić information content (AvgIpc) is 2.85. The van der Waals surface area contributed by atoms with Gasteiger partial charge in [-0.05, 0) is 31.0 Å². The van der Waals surface area contributed by atoms with Crippen molar-refractivity contribution in [1.82, 2.24) is 9.03 Å². The van der Waals surface area contributed by atoms with Gasteiger partial charge in [0.25, 0.3) is 0 Å². The molecule has 1 saturated heterocycles. The van der Waals surface area contributed by atoms with E-state index in [1.165, 1.54) is 26.2 Å². The number of fused-ring (bicyclic) bond motifs is 3. The highest BCUT2D eigenvalue weighted by atomic mass is 32.2. The Kier molecular flexibility index (Phi) is 3.28. The van der Waals surface area contributed by atoms with Gasteiger partial charge in [0.05, 0.1) is 16.7 Å². The normalized spacial score (nSPS) is 24.0. The van der Waals surface area contributed by atoms with Crippen molar-refractivity contribution in [3.63, 3.8) is 0 Å². The molecular formula is C12H17N3O4S2. The van der Waals surface area contributed by atoms with Crippen molar-refractivity contribution in [2.45, 2.75) is 28.8 Å². The predicted molar refractivity (Wildman–Crippen MR) is 78.0 cm³/mol. The van der Waals surface area contributed by atoms with Crippen LogP contribution in [-0.4, -0.2) is 47.9 Å². The first kappa shape index (κ1) is 14.8. The summed E-state index contributed by atoms with van der Waals surface area (Å²) >= 11 is 0. The van der Waals surface area contributed by atoms with Gasteiger partial charge in [-0.15, -0.1) is 0 Å². The van der Waals surface area contributed by atoms with Crippen LogP contribution in [0.5, 0.6) is 0 Å². The van der Waals surface area contributed by atoms with Crippen LogP contribution in [0.3, 0.4) is 0 Å². The van der Waals surface area contributed by atoms with Gasteiger partial charge in [-0.2, -0.15) is 4.72 Å². The molecule has 116 valence electrons. The summed E-state index contributed by atoms with van der Waals surface area (Å²) in [5.74, 6) is 0. The third-order valence-corrected chi connectivity index (χ3v) is 7.15. The minimum absolute atomic E-state index is 0.0192. The first-order valence-corrected chi connectivity index (χ1v) is 9.51. The van der Waals surface area contributed by atoms with E-state index in [1.807, 2.05) is 4.90 Å². The molecule has 0 aromatic heterocycles. The van der Waals surface area contributed by atoms with Gasteiger partial charge < -0.3 is 4.90 Å². The third-order valence-electron chi connectivity index (χ3n) is 3.85. The van der Waals surface area contributed by atoms with E-state index in [0.29, 0.717) is 5.69 Å². The average molecular weight is 331 g/mol. The molecule has 9 heteroatoms. The molecule has 2 aliphatic heterocycles. The van der Waals surface area contributed by atoms with Crippen LogP contribution >= 0.6 is 0 Å². The van der Waals surface area contributed by atoms with Crippen molar-refractivity contribution in [3.8, 4) is 0 Å². The van der Waals surface area contributed by atoms with E-state index in [4.69, 9.17) is 0 Å². The second-order valence-electron chi connectivity index (χ2n) is 5.39. The second-order valence-corrected chi connectivity index (χ2v) is 9.22. The van der Waals surface area contributed by atoms with Gasteiger partial charge in [0.1, 0.15) is 4.90 Å². The highest BCUT2D eigenvalue weighted by Gasteiger charge is 2.38. The summed E-state index contributed by atoms with van der Waals surface area (Å²) in [5.41, 5.74) is 0.578. The fraction of sp³-hybridized carbons (Fsp3) is 0.500. The van der Waals surface area contributed by atoms with Crippen molar-refractivity contribution < 1.29 is 16.8 Å². The molecule has 0 saturated carbocycles. The van der Waals surface area contributed by atoms with Gasteiger partial charge in [-0.1, -0.05) is 0 Å². The molecule has 3 rings (SSSR count). The Bertz CT molecular complexity index is 787. The summed E-state index contributed by atoms with van der Waals surface area (Å²) in [6.45, 7) is 0.764. The van der Waals surface area contributed by atoms with Gasteiger partial charge in [0.2, 0.25) is 20.0 Å². The van der Waals surface area contributed by atoms with E-state index in [0.717, 1.165) is 23.7 Å². The van der Waals surface area contributed by atoms with Gasteiger partial charge in [0.15, 0.2) is 0 Å². The molecule has 1 atom stereocenters. The van der Waals surface area contributed by atoms with Crippen molar-refractivity contribution in [3.05, 3.63) is 18.2 Å². The number of hydrogen-bond donors (Lipinski definition) is 1. The molecule has 0 aliphatic carbocycles. The van der Waals surface area contributed by atoms with Gasteiger partial charge in [-0.3, -0.25) is 0 Å². The molecule has 0 bridgehead atoms. The lowest BCUT2D eigenvalue weighted by molar-refractivity contribution is 0.520. The number of nitrogens with one attached hydrogen (secondary N) is 1. The molecule has 2 heterocycles. The fourth-order valence-corrected chi connectivity index (χ4v) is 5.21. The highest BCUT2D eigenvalue weighted by Crippen LogP contribution is 2.36. The predicted octanol–water partition coefficient (Wildman–Crippen LogP) is 0.155. The Morgan fingerprint density at radius 1 is 1.33 bits per heavy atom. The van der Waals surface area contributed by atoms with E-state index in [9.17, 15) is 16.8 Å². The van der Waals surface area contributed by atoms with Crippen LogP contribution in [0, 0.1) is 0 Å². The molecule has 1 unspecified atom stereocenters. The molecule has 0 spiro atoms. The maximum atomic E-state index is 12.3. The van der Waals surface area contributed by atoms with Crippen molar-refractivity contribution >= 4 is 25.7 Å². The summed E-state index contributed by atoms with van der Waals surface area (Å²) in [4.78, 5) is 1.99. The standard InChI is InChI=1S/C12H17N3O4S2/c1-14(2)21(18,19)9-5-6-10-11(8-9)20(16,17)13-12-4-3-7-15(10)12/h5-6,8,12-13H,3-4,7H2,1-2H3. The van der Waals surface area contributed by atoms with Crippen LogP contribution in [-0.2, 0) is 20.0 Å². The molecule has 21 heavy (non-hydrogen) atoms. The van der Waals surface area contributed by atoms with Gasteiger partial charge >= 0.3 is 0 Å². The Balaban J connectivity index is 2.19. The Labute approximate surface area is 124 Å². The molecule has 2 aliphatic rings. The summed E-state index contributed by atoms with van der Waals surface area (Å²) in [6, 6.07) is 4.29. The summed E-state index contributed by atoms with van der Waals surface area (Å²) in [6.07, 6.45) is 1.44. The van der Waals surface area contributed by atoms with E-state index in [1.54, 1.807) is 6.07 Å². The smallest absolute Gasteiger partial charge is 0.244 e. The van der Waals surface area contributed by atoms with Crippen LogP contribution in [0.15, 0.2) is 28.0 Å². The summed E-state index contributed by atoms with van der Waals surface area (Å²) in [5, 5.41) is 0. The Morgan fingerprint density at radius 3 is 2.71 bits per heavy atom. The topological polar surface area (TPSA) is 86.8 Å². The molecular weight excluding hydrogens is 314 g/mol. The van der Waals surface area contributed by atoms with E-state index in [2.05, 4.69) is 4.72 Å². The first-order chi connectivity index (χ1) is 9.73. The number of sulfonamides is 2. The Hall–Kier alpha value is -1.16. The van der Waals surface area contributed by atoms with Crippen LogP contribution in [0.4, 0.5) is 5.69 Å². The van der Waals surface area contributed by atoms with Crippen LogP contribution in [0.2, 0.25) is 0 Å². The lowest BCUT2D eigenvalue weighted by Gasteiger charge is -2.34. The zero-order chi connectivity index (χ0) is 15.4. The van der Waals surface area contributed by atoms with E-state index >= 15 is 0 Å². The van der Waals surface area contributed by atoms with E-state index < -0.39 is 20.0 Å². The number of benzene rings is 1. The molecule has 1 fully saturated rings. The summed E-state index contributed by atoms with van der Waals surface area (Å²) in [7, 11) is -4.51. The monoisotopic (exact) mass is 331 g/mol. The second kappa shape index (κ2) is 4.67. The third kappa shape index (κ3) is 2.24. The molecule has 0 radical (unpaired) electrons. The lowest BCUT2D eigenvalue weighted by atomic mass is 10.3. The molecule has 1 N–H and O–H groups in total. The minimum Gasteiger partial charge on any atom is -0.354 e. The van der Waals surface area contributed by atoms with Gasteiger partial charge in [-0.25, -0.2) is 21.1 Å².